The van der Waals surface area contributed by atoms with Crippen LogP contribution in [0.1, 0.15) is 35.8 Å². The Kier molecular flexibility index (Phi) is 4.46. The number of hydrogen-bond donors (Lipinski definition) is 0. The minimum Gasteiger partial charge on any atom is -0.398 e. The van der Waals surface area contributed by atoms with Crippen molar-refractivity contribution in [2.24, 2.45) is 0 Å². The van der Waals surface area contributed by atoms with E-state index in [9.17, 15) is 0 Å². The van der Waals surface area contributed by atoms with Crippen molar-refractivity contribution in [1.29, 1.82) is 0 Å². The average molecular weight is 406 g/mol. The third kappa shape index (κ3) is 2.94. The summed E-state index contributed by atoms with van der Waals surface area (Å²) in [7, 11) is 1.31. The van der Waals surface area contributed by atoms with E-state index < -0.39 is 7.12 Å². The minimum atomic E-state index is -0.421. The molecule has 0 radical (unpaired) electrons. The highest BCUT2D eigenvalue weighted by molar-refractivity contribution is 6.62. The highest BCUT2D eigenvalue weighted by Gasteiger charge is 2.44. The summed E-state index contributed by atoms with van der Waals surface area (Å²) in [5.74, 6) is 0. The SMILES string of the molecule is CO[C@@H](C)c1ccccc1B1O[C@H]2C=Cc3ccc4c(ccc5ccccc54)c3[C@H]2O1. The Labute approximate surface area is 182 Å². The third-order valence-corrected chi connectivity index (χ3v) is 6.64. The maximum atomic E-state index is 6.60. The first-order chi connectivity index (χ1) is 15.2. The van der Waals surface area contributed by atoms with Crippen LogP contribution < -0.4 is 5.46 Å². The van der Waals surface area contributed by atoms with E-state index in [-0.39, 0.29) is 18.3 Å². The van der Waals surface area contributed by atoms with Crippen LogP contribution in [0.5, 0.6) is 0 Å². The first-order valence-corrected chi connectivity index (χ1v) is 10.8. The lowest BCUT2D eigenvalue weighted by Crippen LogP contribution is -2.36. The van der Waals surface area contributed by atoms with Crippen molar-refractivity contribution in [2.75, 3.05) is 7.11 Å². The lowest BCUT2D eigenvalue weighted by Gasteiger charge is -2.24. The number of benzene rings is 4. The van der Waals surface area contributed by atoms with Crippen molar-refractivity contribution >= 4 is 40.2 Å². The number of methoxy groups -OCH3 is 1. The standard InChI is InChI=1S/C27H23BO3/c1-17(29-2)20-8-5-6-10-24(20)28-30-25-16-13-19-12-14-22-21-9-4-3-7-18(21)11-15-23(22)26(19)27(25)31-28/h3-17,25,27H,1-2H3/t17-,25-,27-/m0/s1. The minimum absolute atomic E-state index is 0.0268. The Morgan fingerprint density at radius 3 is 2.55 bits per heavy atom. The summed E-state index contributed by atoms with van der Waals surface area (Å²) in [5.41, 5.74) is 4.55. The molecule has 2 aliphatic rings. The molecule has 0 bridgehead atoms. The Hall–Kier alpha value is -2.92. The molecule has 0 aromatic heterocycles. The van der Waals surface area contributed by atoms with Gasteiger partial charge >= 0.3 is 7.12 Å². The van der Waals surface area contributed by atoms with Gasteiger partial charge in [-0.15, -0.1) is 0 Å². The Bertz CT molecular complexity index is 1330. The van der Waals surface area contributed by atoms with Gasteiger partial charge in [-0.1, -0.05) is 84.9 Å². The summed E-state index contributed by atoms with van der Waals surface area (Å²) < 4.78 is 18.6. The van der Waals surface area contributed by atoms with Gasteiger partial charge in [-0.25, -0.2) is 0 Å². The maximum Gasteiger partial charge on any atom is 0.495 e. The highest BCUT2D eigenvalue weighted by Crippen LogP contribution is 2.43. The van der Waals surface area contributed by atoms with E-state index in [1.54, 1.807) is 7.11 Å². The van der Waals surface area contributed by atoms with E-state index in [0.717, 1.165) is 11.0 Å². The van der Waals surface area contributed by atoms with Crippen molar-refractivity contribution in [1.82, 2.24) is 0 Å². The fraction of sp³-hybridized carbons (Fsp3) is 0.185. The average Bonchev–Trinajstić information content (AvgIpc) is 3.27. The summed E-state index contributed by atoms with van der Waals surface area (Å²) in [6.07, 6.45) is 4.02. The molecule has 31 heavy (non-hydrogen) atoms. The normalized spacial score (nSPS) is 20.8. The molecular weight excluding hydrogens is 383 g/mol. The van der Waals surface area contributed by atoms with E-state index in [0.29, 0.717) is 0 Å². The molecule has 1 heterocycles. The van der Waals surface area contributed by atoms with Gasteiger partial charge in [0.2, 0.25) is 0 Å². The second kappa shape index (κ2) is 7.35. The zero-order valence-electron chi connectivity index (χ0n) is 17.6. The van der Waals surface area contributed by atoms with Crippen LogP contribution in [0.2, 0.25) is 0 Å². The Morgan fingerprint density at radius 1 is 0.839 bits per heavy atom. The number of hydrogen-bond acceptors (Lipinski definition) is 3. The van der Waals surface area contributed by atoms with E-state index in [4.69, 9.17) is 14.0 Å². The van der Waals surface area contributed by atoms with Crippen molar-refractivity contribution in [3.05, 3.63) is 95.6 Å². The van der Waals surface area contributed by atoms with Gasteiger partial charge in [0, 0.05) is 7.11 Å². The molecular formula is C27H23BO3. The van der Waals surface area contributed by atoms with E-state index in [1.165, 1.54) is 32.7 Å². The predicted octanol–water partition coefficient (Wildman–Crippen LogP) is 5.58. The molecule has 4 aromatic carbocycles. The Balaban J connectivity index is 1.46. The molecule has 1 saturated heterocycles. The molecule has 4 aromatic rings. The van der Waals surface area contributed by atoms with Gasteiger partial charge in [-0.2, -0.15) is 0 Å². The van der Waals surface area contributed by atoms with Crippen LogP contribution in [0, 0.1) is 0 Å². The number of fused-ring (bicyclic) bond motifs is 7. The molecule has 1 aliphatic carbocycles. The fourth-order valence-corrected chi connectivity index (χ4v) is 4.99. The van der Waals surface area contributed by atoms with Crippen molar-refractivity contribution in [2.45, 2.75) is 25.2 Å². The molecule has 3 nitrogen and oxygen atoms in total. The first-order valence-electron chi connectivity index (χ1n) is 10.8. The van der Waals surface area contributed by atoms with E-state index in [2.05, 4.69) is 79.7 Å². The zero-order chi connectivity index (χ0) is 20.9. The molecule has 0 unspecified atom stereocenters. The molecule has 0 saturated carbocycles. The molecule has 1 aliphatic heterocycles. The molecule has 152 valence electrons. The van der Waals surface area contributed by atoms with Gasteiger partial charge in [0.15, 0.2) is 0 Å². The van der Waals surface area contributed by atoms with Crippen LogP contribution >= 0.6 is 0 Å². The third-order valence-electron chi connectivity index (χ3n) is 6.64. The van der Waals surface area contributed by atoms with Gasteiger partial charge in [0.05, 0.1) is 18.3 Å². The largest absolute Gasteiger partial charge is 0.495 e. The topological polar surface area (TPSA) is 27.7 Å². The molecule has 4 heteroatoms. The predicted molar refractivity (Wildman–Crippen MR) is 126 cm³/mol. The van der Waals surface area contributed by atoms with Crippen molar-refractivity contribution in [3.63, 3.8) is 0 Å². The van der Waals surface area contributed by atoms with Crippen LogP contribution in [-0.4, -0.2) is 20.3 Å². The second-order valence-electron chi connectivity index (χ2n) is 8.31. The molecule has 1 fully saturated rings. The van der Waals surface area contributed by atoms with Crippen LogP contribution in [0.15, 0.2) is 78.9 Å². The van der Waals surface area contributed by atoms with Crippen LogP contribution in [0.25, 0.3) is 27.6 Å². The Morgan fingerprint density at radius 2 is 1.65 bits per heavy atom. The second-order valence-corrected chi connectivity index (χ2v) is 8.31. The summed E-state index contributed by atoms with van der Waals surface area (Å²) >= 11 is 0. The molecule has 0 N–H and O–H groups in total. The highest BCUT2D eigenvalue weighted by atomic mass is 16.7. The zero-order valence-corrected chi connectivity index (χ0v) is 17.6. The van der Waals surface area contributed by atoms with Gasteiger partial charge in [0.25, 0.3) is 0 Å². The summed E-state index contributed by atoms with van der Waals surface area (Å²) in [6.45, 7) is 2.05. The quantitative estimate of drug-likeness (QED) is 0.329. The van der Waals surface area contributed by atoms with Gasteiger partial charge in [0.1, 0.15) is 0 Å². The molecule has 0 amide bonds. The van der Waals surface area contributed by atoms with Gasteiger partial charge in [-0.05, 0) is 50.6 Å². The van der Waals surface area contributed by atoms with E-state index >= 15 is 0 Å². The number of rotatable bonds is 3. The summed E-state index contributed by atoms with van der Waals surface area (Å²) in [6, 6.07) is 25.6. The lowest BCUT2D eigenvalue weighted by atomic mass is 9.75. The van der Waals surface area contributed by atoms with Crippen molar-refractivity contribution < 1.29 is 14.0 Å². The van der Waals surface area contributed by atoms with Crippen molar-refractivity contribution in [3.8, 4) is 0 Å². The smallest absolute Gasteiger partial charge is 0.398 e. The van der Waals surface area contributed by atoms with Gasteiger partial charge < -0.3 is 14.0 Å². The monoisotopic (exact) mass is 406 g/mol. The summed E-state index contributed by atoms with van der Waals surface area (Å²) in [5, 5.41) is 5.01. The molecule has 6 rings (SSSR count). The molecule has 0 spiro atoms. The lowest BCUT2D eigenvalue weighted by molar-refractivity contribution is 0.120. The van der Waals surface area contributed by atoms with Crippen LogP contribution in [-0.2, 0) is 14.0 Å². The fourth-order valence-electron chi connectivity index (χ4n) is 4.99. The number of ether oxygens (including phenoxy) is 1. The van der Waals surface area contributed by atoms with E-state index in [1.807, 2.05) is 12.1 Å². The first kappa shape index (κ1) is 18.8. The van der Waals surface area contributed by atoms with Crippen LogP contribution in [0.4, 0.5) is 0 Å². The maximum absolute atomic E-state index is 6.60. The summed E-state index contributed by atoms with van der Waals surface area (Å²) in [4.78, 5) is 0. The molecule has 3 atom stereocenters. The van der Waals surface area contributed by atoms with Crippen LogP contribution in [0.3, 0.4) is 0 Å². The van der Waals surface area contributed by atoms with Gasteiger partial charge in [-0.3, -0.25) is 0 Å².